The number of carbonyl (C=O) groups excluding carboxylic acids is 1. The zero-order chi connectivity index (χ0) is 25.9. The summed E-state index contributed by atoms with van der Waals surface area (Å²) in [5, 5.41) is 2.84. The molecule has 0 spiro atoms. The minimum Gasteiger partial charge on any atom is -0.476 e. The van der Waals surface area contributed by atoms with Gasteiger partial charge in [0.25, 0.3) is 0 Å². The number of benzene rings is 1. The number of anilines is 1. The maximum atomic E-state index is 14.1. The van der Waals surface area contributed by atoms with Gasteiger partial charge in [-0.2, -0.15) is 18.2 Å². The molecular formula is C24H29F4N5O3. The van der Waals surface area contributed by atoms with E-state index in [2.05, 4.69) is 15.3 Å². The normalized spacial score (nSPS) is 21.9. The van der Waals surface area contributed by atoms with Gasteiger partial charge in [0.15, 0.2) is 0 Å². The Morgan fingerprint density at radius 1 is 1.28 bits per heavy atom. The highest BCUT2D eigenvalue weighted by Crippen LogP contribution is 2.38. The second kappa shape index (κ2) is 10.6. The van der Waals surface area contributed by atoms with Crippen molar-refractivity contribution in [1.82, 2.24) is 20.2 Å². The zero-order valence-corrected chi connectivity index (χ0v) is 20.1. The summed E-state index contributed by atoms with van der Waals surface area (Å²) in [5.74, 6) is -1.95. The lowest BCUT2D eigenvalue weighted by molar-refractivity contribution is -0.145. The van der Waals surface area contributed by atoms with Crippen LogP contribution in [-0.4, -0.2) is 67.9 Å². The molecule has 196 valence electrons. The Labute approximate surface area is 206 Å². The summed E-state index contributed by atoms with van der Waals surface area (Å²) in [6.45, 7) is 1.45. The highest BCUT2D eigenvalue weighted by atomic mass is 19.4. The van der Waals surface area contributed by atoms with Crippen LogP contribution >= 0.6 is 0 Å². The fourth-order valence-electron chi connectivity index (χ4n) is 4.59. The average Bonchev–Trinajstić information content (AvgIpc) is 2.87. The molecule has 4 rings (SSSR count). The number of rotatable bonds is 6. The average molecular weight is 512 g/mol. The molecule has 1 N–H and O–H groups in total. The quantitative estimate of drug-likeness (QED) is 0.595. The molecule has 2 aliphatic rings. The van der Waals surface area contributed by atoms with Crippen LogP contribution in [0.15, 0.2) is 30.5 Å². The molecule has 1 atom stereocenters. The van der Waals surface area contributed by atoms with Gasteiger partial charge in [-0.3, -0.25) is 9.80 Å². The van der Waals surface area contributed by atoms with Crippen molar-refractivity contribution in [2.24, 2.45) is 5.92 Å². The standard InChI is InChI=1S/C24H29F4N5O3/c1-32(2)23(17-5-3-6-18(25)11-17)7-4-10-33(22(34)29-9-8-23)19-12-30-21(24(26,27)28)31-20(19)36-15-16-13-35-14-16/h3,5-6,11-12,16H,4,7-10,13-15H2,1-2H3,(H,29,34)/t23-/m0/s1. The van der Waals surface area contributed by atoms with Gasteiger partial charge in [-0.05, 0) is 51.1 Å². The number of nitrogens with one attached hydrogen (secondary N) is 1. The number of carbonyl (C=O) groups is 1. The third-order valence-corrected chi connectivity index (χ3v) is 6.69. The van der Waals surface area contributed by atoms with Crippen molar-refractivity contribution in [2.75, 3.05) is 51.9 Å². The van der Waals surface area contributed by atoms with Crippen LogP contribution < -0.4 is 15.0 Å². The minimum absolute atomic E-state index is 0.0403. The smallest absolute Gasteiger partial charge is 0.451 e. The third kappa shape index (κ3) is 5.54. The Kier molecular flexibility index (Phi) is 7.65. The van der Waals surface area contributed by atoms with Crippen LogP contribution in [0.25, 0.3) is 0 Å². The summed E-state index contributed by atoms with van der Waals surface area (Å²) in [6.07, 6.45) is -2.21. The maximum Gasteiger partial charge on any atom is 0.451 e. The molecule has 2 fully saturated rings. The van der Waals surface area contributed by atoms with Crippen molar-refractivity contribution in [2.45, 2.75) is 31.0 Å². The van der Waals surface area contributed by atoms with Gasteiger partial charge in [-0.15, -0.1) is 0 Å². The third-order valence-electron chi connectivity index (χ3n) is 6.69. The Morgan fingerprint density at radius 2 is 2.06 bits per heavy atom. The van der Waals surface area contributed by atoms with Crippen molar-refractivity contribution in [3.63, 3.8) is 0 Å². The van der Waals surface area contributed by atoms with Gasteiger partial charge in [0, 0.05) is 24.5 Å². The fourth-order valence-corrected chi connectivity index (χ4v) is 4.59. The van der Waals surface area contributed by atoms with Crippen LogP contribution in [-0.2, 0) is 16.5 Å². The predicted molar refractivity (Wildman–Crippen MR) is 123 cm³/mol. The summed E-state index contributed by atoms with van der Waals surface area (Å²) in [4.78, 5) is 23.5. The molecule has 36 heavy (non-hydrogen) atoms. The molecule has 0 radical (unpaired) electrons. The molecule has 0 bridgehead atoms. The van der Waals surface area contributed by atoms with Crippen LogP contribution in [0.4, 0.5) is 28.0 Å². The molecule has 8 nitrogen and oxygen atoms in total. The number of alkyl halides is 3. The SMILES string of the molecule is CN(C)[C@@]1(c2cccc(F)c2)CCCN(c2cnc(C(F)(F)F)nc2OCC2COC2)C(=O)NCC1. The maximum absolute atomic E-state index is 14.1. The first kappa shape index (κ1) is 26.1. The predicted octanol–water partition coefficient (Wildman–Crippen LogP) is 3.82. The number of aromatic nitrogens is 2. The number of halogens is 4. The van der Waals surface area contributed by atoms with Gasteiger partial charge in [0.2, 0.25) is 11.7 Å². The summed E-state index contributed by atoms with van der Waals surface area (Å²) < 4.78 is 64.7. The monoisotopic (exact) mass is 511 g/mol. The highest BCUT2D eigenvalue weighted by molar-refractivity contribution is 5.93. The van der Waals surface area contributed by atoms with Crippen LogP contribution in [0, 0.1) is 11.7 Å². The van der Waals surface area contributed by atoms with E-state index in [0.717, 1.165) is 11.8 Å². The van der Waals surface area contributed by atoms with Gasteiger partial charge in [0.1, 0.15) is 11.5 Å². The molecular weight excluding hydrogens is 482 g/mol. The first-order valence-electron chi connectivity index (χ1n) is 11.7. The number of hydrogen-bond acceptors (Lipinski definition) is 6. The molecule has 0 unspecified atom stereocenters. The van der Waals surface area contributed by atoms with E-state index in [9.17, 15) is 22.4 Å². The summed E-state index contributed by atoms with van der Waals surface area (Å²) >= 11 is 0. The summed E-state index contributed by atoms with van der Waals surface area (Å²) in [6, 6.07) is 5.90. The second-order valence-electron chi connectivity index (χ2n) is 9.27. The first-order valence-corrected chi connectivity index (χ1v) is 11.7. The minimum atomic E-state index is -4.76. The van der Waals surface area contributed by atoms with E-state index in [1.807, 2.05) is 25.1 Å². The lowest BCUT2D eigenvalue weighted by Gasteiger charge is -2.41. The first-order chi connectivity index (χ1) is 17.1. The Hall–Kier alpha value is -2.99. The van der Waals surface area contributed by atoms with Crippen molar-refractivity contribution in [3.05, 3.63) is 47.7 Å². The van der Waals surface area contributed by atoms with E-state index in [4.69, 9.17) is 9.47 Å². The Morgan fingerprint density at radius 3 is 2.69 bits per heavy atom. The van der Waals surface area contributed by atoms with E-state index < -0.39 is 23.6 Å². The van der Waals surface area contributed by atoms with Crippen LogP contribution in [0.3, 0.4) is 0 Å². The highest BCUT2D eigenvalue weighted by Gasteiger charge is 2.38. The van der Waals surface area contributed by atoms with Gasteiger partial charge in [-0.1, -0.05) is 12.1 Å². The van der Waals surface area contributed by atoms with Gasteiger partial charge >= 0.3 is 12.2 Å². The number of ether oxygens (including phenoxy) is 2. The summed E-state index contributed by atoms with van der Waals surface area (Å²) in [7, 11) is 3.81. The van der Waals surface area contributed by atoms with Crippen molar-refractivity contribution in [1.29, 1.82) is 0 Å². The number of urea groups is 1. The fraction of sp³-hybridized carbons (Fsp3) is 0.542. The van der Waals surface area contributed by atoms with E-state index in [0.29, 0.717) is 32.5 Å². The lowest BCUT2D eigenvalue weighted by Crippen LogP contribution is -2.44. The van der Waals surface area contributed by atoms with Gasteiger partial charge in [0.05, 0.1) is 26.0 Å². The van der Waals surface area contributed by atoms with Gasteiger partial charge in [-0.25, -0.2) is 14.2 Å². The molecule has 1 aromatic heterocycles. The number of nitrogens with zero attached hydrogens (tertiary/aromatic N) is 4. The molecule has 12 heteroatoms. The zero-order valence-electron chi connectivity index (χ0n) is 20.1. The Balaban J connectivity index is 1.62. The van der Waals surface area contributed by atoms with E-state index in [-0.39, 0.29) is 43.0 Å². The van der Waals surface area contributed by atoms with Crippen LogP contribution in [0.1, 0.15) is 30.7 Å². The molecule has 3 heterocycles. The molecule has 2 aromatic rings. The molecule has 2 saturated heterocycles. The lowest BCUT2D eigenvalue weighted by atomic mass is 9.81. The largest absolute Gasteiger partial charge is 0.476 e. The molecule has 0 saturated carbocycles. The summed E-state index contributed by atoms with van der Waals surface area (Å²) in [5.41, 5.74) is 0.301. The van der Waals surface area contributed by atoms with Crippen LogP contribution in [0.2, 0.25) is 0 Å². The van der Waals surface area contributed by atoms with E-state index >= 15 is 0 Å². The molecule has 2 aliphatic heterocycles. The topological polar surface area (TPSA) is 79.8 Å². The number of amides is 2. The van der Waals surface area contributed by atoms with Crippen LogP contribution in [0.5, 0.6) is 5.88 Å². The molecule has 0 aliphatic carbocycles. The van der Waals surface area contributed by atoms with Crippen molar-refractivity contribution < 1.29 is 31.8 Å². The second-order valence-corrected chi connectivity index (χ2v) is 9.27. The van der Waals surface area contributed by atoms with Crippen molar-refractivity contribution >= 4 is 11.7 Å². The van der Waals surface area contributed by atoms with Crippen molar-refractivity contribution in [3.8, 4) is 5.88 Å². The molecule has 2 amide bonds. The van der Waals surface area contributed by atoms with E-state index in [1.54, 1.807) is 6.07 Å². The van der Waals surface area contributed by atoms with Gasteiger partial charge < -0.3 is 14.8 Å². The Bertz CT molecular complexity index is 1080. The number of hydrogen-bond donors (Lipinski definition) is 1. The van der Waals surface area contributed by atoms with E-state index in [1.165, 1.54) is 17.0 Å². The molecule has 1 aromatic carbocycles.